The lowest BCUT2D eigenvalue weighted by atomic mass is 10.1. The molecular weight excluding hydrogens is 314 g/mol. The van der Waals surface area contributed by atoms with E-state index >= 15 is 0 Å². The van der Waals surface area contributed by atoms with Crippen molar-refractivity contribution >= 4 is 28.0 Å². The van der Waals surface area contributed by atoms with Gasteiger partial charge in [-0.3, -0.25) is 14.1 Å². The van der Waals surface area contributed by atoms with Gasteiger partial charge in [0.2, 0.25) is 5.91 Å². The van der Waals surface area contributed by atoms with Crippen molar-refractivity contribution in [1.82, 2.24) is 10.6 Å². The molecule has 0 bridgehead atoms. The van der Waals surface area contributed by atoms with E-state index in [4.69, 9.17) is 4.55 Å². The summed E-state index contributed by atoms with van der Waals surface area (Å²) in [5, 5.41) is 4.85. The molecule has 4 N–H and O–H groups in total. The van der Waals surface area contributed by atoms with Gasteiger partial charge in [-0.2, -0.15) is 8.42 Å². The molecular formula is C12H17N3O6S. The van der Waals surface area contributed by atoms with E-state index in [1.807, 2.05) is 4.72 Å². The van der Waals surface area contributed by atoms with Crippen molar-refractivity contribution in [1.29, 1.82) is 0 Å². The number of alkyl carbamates (subject to hydrolysis) is 1. The first kappa shape index (κ1) is 17.7. The van der Waals surface area contributed by atoms with Gasteiger partial charge in [-0.15, -0.1) is 0 Å². The molecule has 0 aromatic heterocycles. The normalized spacial score (nSPS) is 10.6. The summed E-state index contributed by atoms with van der Waals surface area (Å²) in [6.07, 6.45) is -0.159. The Morgan fingerprint density at radius 1 is 1.18 bits per heavy atom. The van der Waals surface area contributed by atoms with Crippen LogP contribution in [0.1, 0.15) is 5.56 Å². The Morgan fingerprint density at radius 2 is 1.82 bits per heavy atom. The molecule has 0 radical (unpaired) electrons. The van der Waals surface area contributed by atoms with E-state index in [0.29, 0.717) is 13.0 Å². The van der Waals surface area contributed by atoms with Crippen molar-refractivity contribution < 1.29 is 27.3 Å². The van der Waals surface area contributed by atoms with Crippen LogP contribution in [-0.2, 0) is 26.3 Å². The minimum atomic E-state index is -4.29. The third-order valence-electron chi connectivity index (χ3n) is 2.52. The first-order chi connectivity index (χ1) is 10.3. The fourth-order valence-corrected chi connectivity index (χ4v) is 1.96. The van der Waals surface area contributed by atoms with Crippen molar-refractivity contribution in [2.45, 2.75) is 6.42 Å². The first-order valence-corrected chi connectivity index (χ1v) is 7.67. The molecule has 9 nitrogen and oxygen atoms in total. The van der Waals surface area contributed by atoms with Gasteiger partial charge in [-0.25, -0.2) is 4.79 Å². The molecule has 1 rings (SSSR count). The van der Waals surface area contributed by atoms with Crippen LogP contribution in [0.25, 0.3) is 0 Å². The molecule has 0 aliphatic rings. The van der Waals surface area contributed by atoms with Gasteiger partial charge in [0.05, 0.1) is 19.3 Å². The number of rotatable bonds is 7. The Bertz CT molecular complexity index is 614. The highest BCUT2D eigenvalue weighted by atomic mass is 32.2. The summed E-state index contributed by atoms with van der Waals surface area (Å²) in [5.41, 5.74) is 1.10. The standard InChI is InChI=1S/C12H17N3O6S/c1-21-12(17)14-8-11(16)13-7-6-9-2-4-10(5-3-9)15-22(18,19)20/h2-5,15H,6-8H2,1H3,(H,13,16)(H,14,17)(H,18,19,20). The number of nitrogens with one attached hydrogen (secondary N) is 3. The van der Waals surface area contributed by atoms with E-state index in [1.165, 1.54) is 19.2 Å². The number of benzene rings is 1. The van der Waals surface area contributed by atoms with Crippen molar-refractivity contribution in [3.05, 3.63) is 29.8 Å². The third-order valence-corrected chi connectivity index (χ3v) is 3.01. The zero-order valence-corrected chi connectivity index (χ0v) is 12.6. The number of hydrogen-bond donors (Lipinski definition) is 4. The first-order valence-electron chi connectivity index (χ1n) is 6.23. The molecule has 2 amide bonds. The number of carbonyl (C=O) groups excluding carboxylic acids is 2. The Morgan fingerprint density at radius 3 is 2.36 bits per heavy atom. The molecule has 1 aromatic carbocycles. The Labute approximate surface area is 127 Å². The number of carbonyl (C=O) groups is 2. The largest absolute Gasteiger partial charge is 0.453 e. The van der Waals surface area contributed by atoms with Crippen LogP contribution in [0.2, 0.25) is 0 Å². The van der Waals surface area contributed by atoms with E-state index in [1.54, 1.807) is 12.1 Å². The lowest BCUT2D eigenvalue weighted by Crippen LogP contribution is -2.37. The summed E-state index contributed by atoms with van der Waals surface area (Å²) < 4.78 is 36.1. The molecule has 0 unspecified atom stereocenters. The van der Waals surface area contributed by atoms with Crippen LogP contribution >= 0.6 is 0 Å². The Kier molecular flexibility index (Phi) is 6.60. The summed E-state index contributed by atoms with van der Waals surface area (Å²) in [7, 11) is -3.08. The molecule has 0 heterocycles. The van der Waals surface area contributed by atoms with E-state index in [2.05, 4.69) is 15.4 Å². The maximum Gasteiger partial charge on any atom is 0.407 e. The molecule has 22 heavy (non-hydrogen) atoms. The third kappa shape index (κ3) is 7.45. The predicted octanol–water partition coefficient (Wildman–Crippen LogP) is -0.0840. The van der Waals surface area contributed by atoms with E-state index in [-0.39, 0.29) is 18.1 Å². The van der Waals surface area contributed by atoms with E-state index < -0.39 is 16.4 Å². The number of amides is 2. The summed E-state index contributed by atoms with van der Waals surface area (Å²) >= 11 is 0. The van der Waals surface area contributed by atoms with Gasteiger partial charge in [0, 0.05) is 6.54 Å². The maximum absolute atomic E-state index is 11.4. The van der Waals surface area contributed by atoms with Crippen LogP contribution in [-0.4, -0.2) is 45.2 Å². The van der Waals surface area contributed by atoms with Gasteiger partial charge in [-0.1, -0.05) is 12.1 Å². The zero-order chi connectivity index (χ0) is 16.6. The molecule has 1 aromatic rings. The quantitative estimate of drug-likeness (QED) is 0.516. The molecule has 0 aliphatic heterocycles. The molecule has 0 saturated carbocycles. The monoisotopic (exact) mass is 331 g/mol. The molecule has 0 aliphatic carbocycles. The minimum absolute atomic E-state index is 0.177. The second-order valence-electron chi connectivity index (χ2n) is 4.22. The highest BCUT2D eigenvalue weighted by molar-refractivity contribution is 7.87. The molecule has 10 heteroatoms. The maximum atomic E-state index is 11.4. The molecule has 0 fully saturated rings. The van der Waals surface area contributed by atoms with Gasteiger partial charge in [0.1, 0.15) is 0 Å². The van der Waals surface area contributed by atoms with Crippen LogP contribution in [0.15, 0.2) is 24.3 Å². The van der Waals surface area contributed by atoms with Gasteiger partial charge in [0.25, 0.3) is 0 Å². The second kappa shape index (κ2) is 8.20. The number of anilines is 1. The Hall–Kier alpha value is -2.33. The van der Waals surface area contributed by atoms with E-state index in [0.717, 1.165) is 5.56 Å². The topological polar surface area (TPSA) is 134 Å². The highest BCUT2D eigenvalue weighted by Gasteiger charge is 2.05. The summed E-state index contributed by atoms with van der Waals surface area (Å²) in [4.78, 5) is 22.1. The minimum Gasteiger partial charge on any atom is -0.453 e. The van der Waals surface area contributed by atoms with Crippen LogP contribution < -0.4 is 15.4 Å². The highest BCUT2D eigenvalue weighted by Crippen LogP contribution is 2.10. The fraction of sp³-hybridized carbons (Fsp3) is 0.333. The number of ether oxygens (including phenoxy) is 1. The Balaban J connectivity index is 2.33. The average molecular weight is 331 g/mol. The second-order valence-corrected chi connectivity index (χ2v) is 5.37. The van der Waals surface area contributed by atoms with Crippen molar-refractivity contribution in [2.24, 2.45) is 0 Å². The predicted molar refractivity (Wildman–Crippen MR) is 78.7 cm³/mol. The molecule has 0 saturated heterocycles. The summed E-state index contributed by atoms with van der Waals surface area (Å²) in [6.45, 7) is 0.177. The molecule has 0 atom stereocenters. The van der Waals surface area contributed by atoms with Gasteiger partial charge >= 0.3 is 16.4 Å². The fourth-order valence-electron chi connectivity index (χ4n) is 1.52. The van der Waals surface area contributed by atoms with Crippen LogP contribution in [0.5, 0.6) is 0 Å². The molecule has 0 spiro atoms. The average Bonchev–Trinajstić information content (AvgIpc) is 2.45. The summed E-state index contributed by atoms with van der Waals surface area (Å²) in [6, 6.07) is 6.30. The van der Waals surface area contributed by atoms with Crippen molar-refractivity contribution in [2.75, 3.05) is 24.9 Å². The van der Waals surface area contributed by atoms with Crippen LogP contribution in [0, 0.1) is 0 Å². The van der Waals surface area contributed by atoms with Gasteiger partial charge < -0.3 is 15.4 Å². The smallest absolute Gasteiger partial charge is 0.407 e. The van der Waals surface area contributed by atoms with Gasteiger partial charge in [-0.05, 0) is 24.1 Å². The van der Waals surface area contributed by atoms with Crippen molar-refractivity contribution in [3.8, 4) is 0 Å². The zero-order valence-electron chi connectivity index (χ0n) is 11.8. The lowest BCUT2D eigenvalue weighted by molar-refractivity contribution is -0.120. The van der Waals surface area contributed by atoms with Crippen molar-refractivity contribution in [3.63, 3.8) is 0 Å². The van der Waals surface area contributed by atoms with Gasteiger partial charge in [0.15, 0.2) is 0 Å². The molecule has 122 valence electrons. The van der Waals surface area contributed by atoms with Crippen LogP contribution in [0.4, 0.5) is 10.5 Å². The SMILES string of the molecule is COC(=O)NCC(=O)NCCc1ccc(NS(=O)(=O)O)cc1. The number of methoxy groups -OCH3 is 1. The van der Waals surface area contributed by atoms with Crippen LogP contribution in [0.3, 0.4) is 0 Å². The summed E-state index contributed by atoms with van der Waals surface area (Å²) in [5.74, 6) is -0.352. The number of hydrogen-bond acceptors (Lipinski definition) is 5. The lowest BCUT2D eigenvalue weighted by Gasteiger charge is -2.07. The van der Waals surface area contributed by atoms with E-state index in [9.17, 15) is 18.0 Å².